The normalized spacial score (nSPS) is 12.2. The van der Waals surface area contributed by atoms with Crippen molar-refractivity contribution in [3.63, 3.8) is 0 Å². The molecule has 2 aromatic carbocycles. The molecular formula is C21H26O2. The summed E-state index contributed by atoms with van der Waals surface area (Å²) in [6.45, 7) is 8.68. The highest BCUT2D eigenvalue weighted by molar-refractivity contribution is 5.77. The van der Waals surface area contributed by atoms with Gasteiger partial charge in [-0.25, -0.2) is 0 Å². The molecule has 1 atom stereocenters. The molecular weight excluding hydrogens is 284 g/mol. The van der Waals surface area contributed by atoms with Gasteiger partial charge in [0.15, 0.2) is 0 Å². The van der Waals surface area contributed by atoms with Crippen LogP contribution in [0.5, 0.6) is 0 Å². The monoisotopic (exact) mass is 310 g/mol. The molecule has 0 aliphatic carbocycles. The van der Waals surface area contributed by atoms with E-state index in [2.05, 4.69) is 26.0 Å². The number of hydrogen-bond donors (Lipinski definition) is 0. The number of rotatable bonds is 6. The topological polar surface area (TPSA) is 26.3 Å². The molecule has 0 amide bonds. The average Bonchev–Trinajstić information content (AvgIpc) is 2.53. The molecule has 23 heavy (non-hydrogen) atoms. The van der Waals surface area contributed by atoms with Crippen molar-refractivity contribution in [2.45, 2.75) is 46.6 Å². The number of ether oxygens (including phenoxy) is 1. The van der Waals surface area contributed by atoms with Crippen LogP contribution in [-0.4, -0.2) is 5.97 Å². The third-order valence-electron chi connectivity index (χ3n) is 3.98. The van der Waals surface area contributed by atoms with E-state index in [1.54, 1.807) is 0 Å². The van der Waals surface area contributed by atoms with Crippen molar-refractivity contribution in [2.75, 3.05) is 0 Å². The van der Waals surface area contributed by atoms with E-state index < -0.39 is 0 Å². The Morgan fingerprint density at radius 3 is 2.04 bits per heavy atom. The molecule has 2 nitrogen and oxygen atoms in total. The van der Waals surface area contributed by atoms with E-state index in [0.717, 1.165) is 17.5 Å². The summed E-state index contributed by atoms with van der Waals surface area (Å²) >= 11 is 0. The predicted molar refractivity (Wildman–Crippen MR) is 94.4 cm³/mol. The van der Waals surface area contributed by atoms with Gasteiger partial charge in [0.05, 0.1) is 5.92 Å². The first-order valence-electron chi connectivity index (χ1n) is 8.26. The molecule has 0 N–H and O–H groups in total. The first-order chi connectivity index (χ1) is 11.0. The van der Waals surface area contributed by atoms with E-state index in [4.69, 9.17) is 4.74 Å². The molecule has 0 radical (unpaired) electrons. The predicted octanol–water partition coefficient (Wildman–Crippen LogP) is 5.04. The average molecular weight is 310 g/mol. The third kappa shape index (κ3) is 5.24. The Morgan fingerprint density at radius 1 is 0.913 bits per heavy atom. The van der Waals surface area contributed by atoms with E-state index >= 15 is 0 Å². The minimum Gasteiger partial charge on any atom is -0.460 e. The fourth-order valence-electron chi connectivity index (χ4n) is 2.51. The van der Waals surface area contributed by atoms with E-state index in [1.165, 1.54) is 11.1 Å². The zero-order valence-corrected chi connectivity index (χ0v) is 14.5. The number of esters is 1. The van der Waals surface area contributed by atoms with Gasteiger partial charge in [0.1, 0.15) is 6.61 Å². The molecule has 1 unspecified atom stereocenters. The lowest BCUT2D eigenvalue weighted by molar-refractivity contribution is -0.146. The maximum Gasteiger partial charge on any atom is 0.313 e. The largest absolute Gasteiger partial charge is 0.460 e. The van der Waals surface area contributed by atoms with Crippen LogP contribution in [0.3, 0.4) is 0 Å². The number of aryl methyl sites for hydroxylation is 1. The van der Waals surface area contributed by atoms with E-state index in [-0.39, 0.29) is 11.9 Å². The summed E-state index contributed by atoms with van der Waals surface area (Å²) in [5.74, 6) is 0.216. The Kier molecular flexibility index (Phi) is 5.97. The van der Waals surface area contributed by atoms with Crippen LogP contribution in [-0.2, 0) is 22.6 Å². The highest BCUT2D eigenvalue weighted by atomic mass is 16.5. The van der Waals surface area contributed by atoms with Crippen molar-refractivity contribution in [2.24, 2.45) is 5.92 Å². The first kappa shape index (κ1) is 17.3. The molecule has 0 saturated carbocycles. The fraction of sp³-hybridized carbons (Fsp3) is 0.381. The number of carbonyl (C=O) groups is 1. The second-order valence-corrected chi connectivity index (χ2v) is 6.65. The Bertz CT molecular complexity index is 624. The van der Waals surface area contributed by atoms with E-state index in [9.17, 15) is 4.79 Å². The van der Waals surface area contributed by atoms with Crippen LogP contribution in [0.25, 0.3) is 0 Å². The van der Waals surface area contributed by atoms with Crippen molar-refractivity contribution in [3.05, 3.63) is 70.8 Å². The lowest BCUT2D eigenvalue weighted by atomic mass is 9.97. The summed E-state index contributed by atoms with van der Waals surface area (Å²) in [6.07, 6.45) is 1.06. The number of hydrogen-bond acceptors (Lipinski definition) is 2. The summed E-state index contributed by atoms with van der Waals surface area (Å²) in [4.78, 5) is 12.2. The van der Waals surface area contributed by atoms with Gasteiger partial charge >= 0.3 is 5.97 Å². The van der Waals surface area contributed by atoms with Gasteiger partial charge in [-0.2, -0.15) is 0 Å². The molecule has 2 heteroatoms. The second-order valence-electron chi connectivity index (χ2n) is 6.65. The Hall–Kier alpha value is -2.09. The highest BCUT2D eigenvalue weighted by Crippen LogP contribution is 2.19. The zero-order valence-electron chi connectivity index (χ0n) is 14.5. The molecule has 0 aromatic heterocycles. The highest BCUT2D eigenvalue weighted by Gasteiger charge is 2.16. The van der Waals surface area contributed by atoms with Gasteiger partial charge in [-0.15, -0.1) is 0 Å². The van der Waals surface area contributed by atoms with Gasteiger partial charge in [-0.05, 0) is 42.9 Å². The molecule has 2 aromatic rings. The molecule has 0 fully saturated rings. The van der Waals surface area contributed by atoms with Gasteiger partial charge in [0.2, 0.25) is 0 Å². The zero-order chi connectivity index (χ0) is 16.8. The number of carbonyl (C=O) groups excluding carboxylic acids is 1. The molecule has 0 bridgehead atoms. The quantitative estimate of drug-likeness (QED) is 0.699. The van der Waals surface area contributed by atoms with Gasteiger partial charge in [0.25, 0.3) is 0 Å². The molecule has 0 heterocycles. The number of benzene rings is 2. The minimum atomic E-state index is -0.242. The molecule has 122 valence electrons. The second kappa shape index (κ2) is 7.96. The molecule has 0 aliphatic heterocycles. The SMILES string of the molecule is Cc1ccc(COC(=O)C(C)c2ccc(CC(C)C)cc2)cc1. The van der Waals surface area contributed by atoms with Crippen molar-refractivity contribution >= 4 is 5.97 Å². The van der Waals surface area contributed by atoms with Crippen molar-refractivity contribution in [3.8, 4) is 0 Å². The van der Waals surface area contributed by atoms with Crippen LogP contribution < -0.4 is 0 Å². The van der Waals surface area contributed by atoms with Gasteiger partial charge in [-0.1, -0.05) is 67.9 Å². The van der Waals surface area contributed by atoms with Crippen LogP contribution in [0.15, 0.2) is 48.5 Å². The standard InChI is InChI=1S/C21H26O2/c1-15(2)13-18-9-11-20(12-10-18)17(4)21(22)23-14-19-7-5-16(3)6-8-19/h5-12,15,17H,13-14H2,1-4H3. The minimum absolute atomic E-state index is 0.179. The van der Waals surface area contributed by atoms with Crippen molar-refractivity contribution in [1.29, 1.82) is 0 Å². The maximum atomic E-state index is 12.2. The Morgan fingerprint density at radius 2 is 1.48 bits per heavy atom. The smallest absolute Gasteiger partial charge is 0.313 e. The third-order valence-corrected chi connectivity index (χ3v) is 3.98. The molecule has 0 aliphatic rings. The summed E-state index contributed by atoms with van der Waals surface area (Å²) in [6, 6.07) is 16.3. The van der Waals surface area contributed by atoms with Crippen LogP contribution in [0, 0.1) is 12.8 Å². The molecule has 2 rings (SSSR count). The van der Waals surface area contributed by atoms with Crippen LogP contribution in [0.2, 0.25) is 0 Å². The fourth-order valence-corrected chi connectivity index (χ4v) is 2.51. The lowest BCUT2D eigenvalue weighted by Gasteiger charge is -2.13. The summed E-state index contributed by atoms with van der Waals surface area (Å²) in [5, 5.41) is 0. The van der Waals surface area contributed by atoms with Gasteiger partial charge < -0.3 is 4.74 Å². The first-order valence-corrected chi connectivity index (χ1v) is 8.26. The summed E-state index contributed by atoms with van der Waals surface area (Å²) in [7, 11) is 0. The summed E-state index contributed by atoms with van der Waals surface area (Å²) in [5.41, 5.74) is 4.54. The Labute approximate surface area is 139 Å². The van der Waals surface area contributed by atoms with Crippen LogP contribution >= 0.6 is 0 Å². The van der Waals surface area contributed by atoms with E-state index in [0.29, 0.717) is 12.5 Å². The van der Waals surface area contributed by atoms with Crippen molar-refractivity contribution < 1.29 is 9.53 Å². The van der Waals surface area contributed by atoms with Gasteiger partial charge in [0, 0.05) is 0 Å². The maximum absolute atomic E-state index is 12.2. The Balaban J connectivity index is 1.92. The van der Waals surface area contributed by atoms with Crippen molar-refractivity contribution in [1.82, 2.24) is 0 Å². The van der Waals surface area contributed by atoms with Crippen LogP contribution in [0.4, 0.5) is 0 Å². The molecule has 0 saturated heterocycles. The van der Waals surface area contributed by atoms with Crippen LogP contribution in [0.1, 0.15) is 48.9 Å². The van der Waals surface area contributed by atoms with Gasteiger partial charge in [-0.3, -0.25) is 4.79 Å². The summed E-state index contributed by atoms with van der Waals surface area (Å²) < 4.78 is 5.44. The molecule has 0 spiro atoms. The lowest BCUT2D eigenvalue weighted by Crippen LogP contribution is -2.13. The van der Waals surface area contributed by atoms with E-state index in [1.807, 2.05) is 50.2 Å².